The molecule has 0 heterocycles. The Hall–Kier alpha value is -2.63. The van der Waals surface area contributed by atoms with Gasteiger partial charge in [0, 0.05) is 11.6 Å². The minimum atomic E-state index is -0.636. The Bertz CT molecular complexity index is 686. The SMILES string of the molecule is Cc1cc(F)c(Nc2cc(C(N)=O)ccc2N)cc1F. The molecule has 2 aromatic carbocycles. The summed E-state index contributed by atoms with van der Waals surface area (Å²) in [5, 5.41) is 2.66. The van der Waals surface area contributed by atoms with Gasteiger partial charge in [-0.2, -0.15) is 0 Å². The number of hydrogen-bond acceptors (Lipinski definition) is 3. The average molecular weight is 277 g/mol. The Kier molecular flexibility index (Phi) is 3.56. The van der Waals surface area contributed by atoms with Crippen molar-refractivity contribution < 1.29 is 13.6 Å². The van der Waals surface area contributed by atoms with Crippen LogP contribution in [0.1, 0.15) is 15.9 Å². The number of anilines is 3. The summed E-state index contributed by atoms with van der Waals surface area (Å²) in [6.45, 7) is 1.46. The quantitative estimate of drug-likeness (QED) is 0.754. The number of halogens is 2. The fourth-order valence-electron chi connectivity index (χ4n) is 1.70. The molecule has 0 unspecified atom stereocenters. The van der Waals surface area contributed by atoms with E-state index in [0.29, 0.717) is 0 Å². The molecule has 0 saturated heterocycles. The van der Waals surface area contributed by atoms with Crippen molar-refractivity contribution >= 4 is 23.0 Å². The highest BCUT2D eigenvalue weighted by Gasteiger charge is 2.10. The summed E-state index contributed by atoms with van der Waals surface area (Å²) < 4.78 is 27.2. The molecule has 0 bridgehead atoms. The number of primary amides is 1. The van der Waals surface area contributed by atoms with E-state index in [-0.39, 0.29) is 28.2 Å². The minimum Gasteiger partial charge on any atom is -0.397 e. The third-order valence-electron chi connectivity index (χ3n) is 2.86. The van der Waals surface area contributed by atoms with Crippen molar-refractivity contribution in [3.63, 3.8) is 0 Å². The van der Waals surface area contributed by atoms with E-state index in [0.717, 1.165) is 12.1 Å². The molecule has 0 fully saturated rings. The first kappa shape index (κ1) is 13.8. The van der Waals surface area contributed by atoms with Gasteiger partial charge in [0.2, 0.25) is 5.91 Å². The van der Waals surface area contributed by atoms with Crippen LogP contribution < -0.4 is 16.8 Å². The predicted molar refractivity (Wildman–Crippen MR) is 73.8 cm³/mol. The van der Waals surface area contributed by atoms with Crippen molar-refractivity contribution in [1.82, 2.24) is 0 Å². The second kappa shape index (κ2) is 5.16. The number of nitrogen functional groups attached to an aromatic ring is 1. The van der Waals surface area contributed by atoms with Gasteiger partial charge in [-0.1, -0.05) is 0 Å². The number of rotatable bonds is 3. The van der Waals surface area contributed by atoms with Crippen LogP contribution in [-0.2, 0) is 0 Å². The summed E-state index contributed by atoms with van der Waals surface area (Å²) >= 11 is 0. The van der Waals surface area contributed by atoms with Crippen LogP contribution in [0.2, 0.25) is 0 Å². The van der Waals surface area contributed by atoms with Crippen molar-refractivity contribution in [1.29, 1.82) is 0 Å². The number of carbonyl (C=O) groups excluding carboxylic acids is 1. The van der Waals surface area contributed by atoms with Crippen LogP contribution in [0.3, 0.4) is 0 Å². The Morgan fingerprint density at radius 2 is 1.80 bits per heavy atom. The summed E-state index contributed by atoms with van der Waals surface area (Å²) in [7, 11) is 0. The minimum absolute atomic E-state index is 0.0681. The fraction of sp³-hybridized carbons (Fsp3) is 0.0714. The third-order valence-corrected chi connectivity index (χ3v) is 2.86. The zero-order chi connectivity index (χ0) is 14.9. The molecule has 0 atom stereocenters. The van der Waals surface area contributed by atoms with Gasteiger partial charge in [0.25, 0.3) is 0 Å². The number of benzene rings is 2. The lowest BCUT2D eigenvalue weighted by Crippen LogP contribution is -2.11. The van der Waals surface area contributed by atoms with Crippen LogP contribution in [-0.4, -0.2) is 5.91 Å². The van der Waals surface area contributed by atoms with Crippen molar-refractivity contribution in [3.8, 4) is 0 Å². The van der Waals surface area contributed by atoms with Crippen LogP contribution in [0.4, 0.5) is 25.8 Å². The van der Waals surface area contributed by atoms with Gasteiger partial charge in [0.15, 0.2) is 0 Å². The first-order chi connectivity index (χ1) is 9.38. The Balaban J connectivity index is 2.42. The second-order valence-electron chi connectivity index (χ2n) is 4.37. The van der Waals surface area contributed by atoms with E-state index in [2.05, 4.69) is 5.32 Å². The molecule has 0 saturated carbocycles. The lowest BCUT2D eigenvalue weighted by molar-refractivity contribution is 0.100. The molecule has 0 aromatic heterocycles. The van der Waals surface area contributed by atoms with Crippen LogP contribution in [0, 0.1) is 18.6 Å². The molecule has 5 N–H and O–H groups in total. The molecular weight excluding hydrogens is 264 g/mol. The van der Waals surface area contributed by atoms with Crippen molar-refractivity contribution in [3.05, 3.63) is 53.1 Å². The van der Waals surface area contributed by atoms with Crippen molar-refractivity contribution in [2.45, 2.75) is 6.92 Å². The molecule has 20 heavy (non-hydrogen) atoms. The topological polar surface area (TPSA) is 81.1 Å². The van der Waals surface area contributed by atoms with E-state index in [4.69, 9.17) is 11.5 Å². The predicted octanol–water partition coefficient (Wildman–Crippen LogP) is 2.70. The monoisotopic (exact) mass is 277 g/mol. The molecule has 0 radical (unpaired) electrons. The van der Waals surface area contributed by atoms with Gasteiger partial charge in [-0.05, 0) is 36.8 Å². The lowest BCUT2D eigenvalue weighted by atomic mass is 10.1. The fourth-order valence-corrected chi connectivity index (χ4v) is 1.70. The first-order valence-corrected chi connectivity index (χ1v) is 5.80. The zero-order valence-electron chi connectivity index (χ0n) is 10.7. The molecule has 0 aliphatic heterocycles. The largest absolute Gasteiger partial charge is 0.397 e. The van der Waals surface area contributed by atoms with Gasteiger partial charge in [0.1, 0.15) is 11.6 Å². The Labute approximate surface area is 114 Å². The number of nitrogens with one attached hydrogen (secondary N) is 1. The average Bonchev–Trinajstić information content (AvgIpc) is 2.38. The van der Waals surface area contributed by atoms with Gasteiger partial charge in [-0.25, -0.2) is 8.78 Å². The molecule has 1 amide bonds. The van der Waals surface area contributed by atoms with Gasteiger partial charge in [-0.3, -0.25) is 4.79 Å². The van der Waals surface area contributed by atoms with E-state index >= 15 is 0 Å². The van der Waals surface area contributed by atoms with Gasteiger partial charge in [-0.15, -0.1) is 0 Å². The summed E-state index contributed by atoms with van der Waals surface area (Å²) in [6, 6.07) is 6.40. The lowest BCUT2D eigenvalue weighted by Gasteiger charge is -2.12. The normalized spacial score (nSPS) is 10.3. The van der Waals surface area contributed by atoms with Gasteiger partial charge >= 0.3 is 0 Å². The number of carbonyl (C=O) groups is 1. The summed E-state index contributed by atoms with van der Waals surface area (Å²) in [4.78, 5) is 11.1. The van der Waals surface area contributed by atoms with E-state index in [1.165, 1.54) is 25.1 Å². The molecule has 0 aliphatic rings. The Morgan fingerprint density at radius 1 is 1.10 bits per heavy atom. The summed E-state index contributed by atoms with van der Waals surface area (Å²) in [5.74, 6) is -1.80. The van der Waals surface area contributed by atoms with E-state index in [1.54, 1.807) is 0 Å². The smallest absolute Gasteiger partial charge is 0.248 e. The van der Waals surface area contributed by atoms with Crippen LogP contribution in [0.25, 0.3) is 0 Å². The maximum atomic E-state index is 13.7. The number of aryl methyl sites for hydroxylation is 1. The first-order valence-electron chi connectivity index (χ1n) is 5.80. The number of nitrogens with two attached hydrogens (primary N) is 2. The molecule has 6 heteroatoms. The van der Waals surface area contributed by atoms with Crippen LogP contribution >= 0.6 is 0 Å². The Morgan fingerprint density at radius 3 is 2.45 bits per heavy atom. The van der Waals surface area contributed by atoms with Crippen molar-refractivity contribution in [2.24, 2.45) is 5.73 Å². The van der Waals surface area contributed by atoms with Crippen LogP contribution in [0.5, 0.6) is 0 Å². The molecule has 104 valence electrons. The molecule has 0 spiro atoms. The van der Waals surface area contributed by atoms with E-state index < -0.39 is 17.5 Å². The summed E-state index contributed by atoms with van der Waals surface area (Å²) in [5.41, 5.74) is 11.8. The van der Waals surface area contributed by atoms with E-state index in [1.807, 2.05) is 0 Å². The number of amides is 1. The highest BCUT2D eigenvalue weighted by molar-refractivity contribution is 5.95. The summed E-state index contributed by atoms with van der Waals surface area (Å²) in [6.07, 6.45) is 0. The van der Waals surface area contributed by atoms with Gasteiger partial charge in [0.05, 0.1) is 17.1 Å². The molecule has 2 rings (SSSR count). The third kappa shape index (κ3) is 2.69. The number of hydrogen-bond donors (Lipinski definition) is 3. The maximum Gasteiger partial charge on any atom is 0.248 e. The maximum absolute atomic E-state index is 13.7. The highest BCUT2D eigenvalue weighted by Crippen LogP contribution is 2.27. The van der Waals surface area contributed by atoms with Gasteiger partial charge < -0.3 is 16.8 Å². The zero-order valence-corrected chi connectivity index (χ0v) is 10.7. The standard InChI is InChI=1S/C14H13F2N3O/c1-7-4-10(16)12(6-9(7)15)19-13-5-8(14(18)20)2-3-11(13)17/h2-6,19H,17H2,1H3,(H2,18,20). The molecule has 0 aliphatic carbocycles. The molecular formula is C14H13F2N3O. The molecule has 2 aromatic rings. The van der Waals surface area contributed by atoms with Crippen molar-refractivity contribution in [2.75, 3.05) is 11.1 Å². The van der Waals surface area contributed by atoms with Crippen LogP contribution in [0.15, 0.2) is 30.3 Å². The molecule has 4 nitrogen and oxygen atoms in total. The van der Waals surface area contributed by atoms with E-state index in [9.17, 15) is 13.6 Å². The highest BCUT2D eigenvalue weighted by atomic mass is 19.1. The second-order valence-corrected chi connectivity index (χ2v) is 4.37.